The van der Waals surface area contributed by atoms with Gasteiger partial charge in [-0.25, -0.2) is 0 Å². The molecule has 1 aromatic heterocycles. The third kappa shape index (κ3) is 3.05. The molecular formula is C10H12O4. The molecule has 0 amide bonds. The molecule has 0 radical (unpaired) electrons. The molecule has 0 saturated heterocycles. The summed E-state index contributed by atoms with van der Waals surface area (Å²) < 4.78 is 9.89. The number of rotatable bonds is 5. The zero-order valence-corrected chi connectivity index (χ0v) is 7.99. The van der Waals surface area contributed by atoms with Crippen molar-refractivity contribution in [2.75, 3.05) is 0 Å². The topological polar surface area (TPSA) is 56.5 Å². The van der Waals surface area contributed by atoms with E-state index in [2.05, 4.69) is 0 Å². The van der Waals surface area contributed by atoms with Crippen molar-refractivity contribution in [1.29, 1.82) is 0 Å². The van der Waals surface area contributed by atoms with E-state index in [0.717, 1.165) is 6.42 Å². The molecule has 0 aliphatic heterocycles. The first-order chi connectivity index (χ1) is 6.76. The van der Waals surface area contributed by atoms with E-state index in [1.54, 1.807) is 6.07 Å². The number of aldehydes is 1. The molecule has 76 valence electrons. The largest absolute Gasteiger partial charge is 0.457 e. The maximum Gasteiger partial charge on any atom is 0.306 e. The Kier molecular flexibility index (Phi) is 3.91. The highest BCUT2D eigenvalue weighted by atomic mass is 16.5. The quantitative estimate of drug-likeness (QED) is 0.533. The van der Waals surface area contributed by atoms with Crippen LogP contribution in [-0.2, 0) is 16.1 Å². The number of carbonyl (C=O) groups is 2. The molecule has 0 fully saturated rings. The smallest absolute Gasteiger partial charge is 0.306 e. The molecular weight excluding hydrogens is 184 g/mol. The summed E-state index contributed by atoms with van der Waals surface area (Å²) in [5.74, 6) is 0.472. The van der Waals surface area contributed by atoms with Crippen LogP contribution in [0.15, 0.2) is 16.5 Å². The summed E-state index contributed by atoms with van der Waals surface area (Å²) in [4.78, 5) is 21.2. The van der Waals surface area contributed by atoms with E-state index >= 15 is 0 Å². The average Bonchev–Trinajstić information content (AvgIpc) is 2.63. The minimum Gasteiger partial charge on any atom is -0.457 e. The van der Waals surface area contributed by atoms with E-state index in [4.69, 9.17) is 9.15 Å². The predicted molar refractivity (Wildman–Crippen MR) is 48.8 cm³/mol. The Balaban J connectivity index is 2.37. The van der Waals surface area contributed by atoms with Crippen molar-refractivity contribution in [3.05, 3.63) is 23.7 Å². The van der Waals surface area contributed by atoms with E-state index in [0.29, 0.717) is 18.5 Å². The minimum atomic E-state index is -0.253. The fraction of sp³-hybridized carbons (Fsp3) is 0.400. The molecule has 0 bridgehead atoms. The molecule has 0 aromatic carbocycles. The van der Waals surface area contributed by atoms with E-state index in [-0.39, 0.29) is 18.3 Å². The van der Waals surface area contributed by atoms with Gasteiger partial charge in [0, 0.05) is 6.42 Å². The molecule has 1 heterocycles. The van der Waals surface area contributed by atoms with Gasteiger partial charge in [-0.2, -0.15) is 0 Å². The number of esters is 1. The van der Waals surface area contributed by atoms with Gasteiger partial charge in [0.1, 0.15) is 12.4 Å². The van der Waals surface area contributed by atoms with Gasteiger partial charge in [-0.3, -0.25) is 9.59 Å². The zero-order chi connectivity index (χ0) is 10.4. The van der Waals surface area contributed by atoms with Gasteiger partial charge in [-0.1, -0.05) is 6.92 Å². The van der Waals surface area contributed by atoms with Gasteiger partial charge in [0.25, 0.3) is 0 Å². The Morgan fingerprint density at radius 2 is 2.36 bits per heavy atom. The van der Waals surface area contributed by atoms with Gasteiger partial charge in [-0.15, -0.1) is 0 Å². The first kappa shape index (κ1) is 10.5. The molecule has 0 atom stereocenters. The summed E-state index contributed by atoms with van der Waals surface area (Å²) >= 11 is 0. The fourth-order valence-electron chi connectivity index (χ4n) is 0.963. The molecule has 0 spiro atoms. The lowest BCUT2D eigenvalue weighted by atomic mass is 10.3. The van der Waals surface area contributed by atoms with Crippen LogP contribution in [0.3, 0.4) is 0 Å². The minimum absolute atomic E-state index is 0.0900. The lowest BCUT2D eigenvalue weighted by Gasteiger charge is -2.00. The highest BCUT2D eigenvalue weighted by Gasteiger charge is 2.04. The standard InChI is InChI=1S/C10H12O4/c1-2-3-10(12)13-7-9-5-4-8(6-11)14-9/h4-6H,2-3,7H2,1H3. The van der Waals surface area contributed by atoms with E-state index in [9.17, 15) is 9.59 Å². The van der Waals surface area contributed by atoms with Crippen LogP contribution < -0.4 is 0 Å². The zero-order valence-electron chi connectivity index (χ0n) is 7.99. The lowest BCUT2D eigenvalue weighted by Crippen LogP contribution is -2.02. The third-order valence-electron chi connectivity index (χ3n) is 1.63. The Labute approximate surface area is 81.9 Å². The van der Waals surface area contributed by atoms with Crippen LogP contribution in [0.5, 0.6) is 0 Å². The number of carbonyl (C=O) groups excluding carboxylic acids is 2. The normalized spacial score (nSPS) is 9.79. The van der Waals surface area contributed by atoms with Gasteiger partial charge < -0.3 is 9.15 Å². The highest BCUT2D eigenvalue weighted by molar-refractivity contribution is 5.70. The summed E-state index contributed by atoms with van der Waals surface area (Å²) in [6.45, 7) is 1.99. The number of ether oxygens (including phenoxy) is 1. The van der Waals surface area contributed by atoms with Crippen LogP contribution >= 0.6 is 0 Å². The highest BCUT2D eigenvalue weighted by Crippen LogP contribution is 2.07. The van der Waals surface area contributed by atoms with E-state index in [1.165, 1.54) is 6.07 Å². The molecule has 0 saturated carbocycles. The first-order valence-corrected chi connectivity index (χ1v) is 4.45. The van der Waals surface area contributed by atoms with Crippen LogP contribution in [0, 0.1) is 0 Å². The van der Waals surface area contributed by atoms with E-state index < -0.39 is 0 Å². The number of hydrogen-bond acceptors (Lipinski definition) is 4. The van der Waals surface area contributed by atoms with Crippen molar-refractivity contribution in [1.82, 2.24) is 0 Å². The van der Waals surface area contributed by atoms with Gasteiger partial charge in [0.15, 0.2) is 12.0 Å². The van der Waals surface area contributed by atoms with Crippen molar-refractivity contribution >= 4 is 12.3 Å². The molecule has 14 heavy (non-hydrogen) atoms. The van der Waals surface area contributed by atoms with Gasteiger partial charge in [-0.05, 0) is 18.6 Å². The van der Waals surface area contributed by atoms with E-state index in [1.807, 2.05) is 6.92 Å². The molecule has 0 aliphatic rings. The van der Waals surface area contributed by atoms with Crippen LogP contribution in [0.4, 0.5) is 0 Å². The summed E-state index contributed by atoms with van der Waals surface area (Å²) in [7, 11) is 0. The summed E-state index contributed by atoms with van der Waals surface area (Å²) in [6, 6.07) is 3.15. The van der Waals surface area contributed by atoms with Gasteiger partial charge in [0.2, 0.25) is 0 Å². The van der Waals surface area contributed by atoms with Crippen molar-refractivity contribution in [2.45, 2.75) is 26.4 Å². The van der Waals surface area contributed by atoms with Crippen LogP contribution in [0.25, 0.3) is 0 Å². The molecule has 1 rings (SSSR count). The molecule has 4 heteroatoms. The Morgan fingerprint density at radius 1 is 1.57 bits per heavy atom. The van der Waals surface area contributed by atoms with Gasteiger partial charge in [0.05, 0.1) is 0 Å². The Morgan fingerprint density at radius 3 is 2.93 bits per heavy atom. The monoisotopic (exact) mass is 196 g/mol. The summed E-state index contributed by atoms with van der Waals surface area (Å²) in [6.07, 6.45) is 1.77. The SMILES string of the molecule is CCCC(=O)OCc1ccc(C=O)o1. The average molecular weight is 196 g/mol. The van der Waals surface area contributed by atoms with Crippen molar-refractivity contribution < 1.29 is 18.7 Å². The fourth-order valence-corrected chi connectivity index (χ4v) is 0.963. The maximum atomic E-state index is 11.0. The van der Waals surface area contributed by atoms with Crippen molar-refractivity contribution in [3.8, 4) is 0 Å². The molecule has 0 aliphatic carbocycles. The molecule has 1 aromatic rings. The molecule has 0 unspecified atom stereocenters. The second-order valence-corrected chi connectivity index (χ2v) is 2.83. The maximum absolute atomic E-state index is 11.0. The number of furan rings is 1. The molecule has 4 nitrogen and oxygen atoms in total. The van der Waals surface area contributed by atoms with Crippen LogP contribution in [-0.4, -0.2) is 12.3 Å². The molecule has 0 N–H and O–H groups in total. The first-order valence-electron chi connectivity index (χ1n) is 4.45. The third-order valence-corrected chi connectivity index (χ3v) is 1.63. The number of hydrogen-bond donors (Lipinski definition) is 0. The van der Waals surface area contributed by atoms with Crippen LogP contribution in [0.2, 0.25) is 0 Å². The Bertz CT molecular complexity index is 314. The summed E-state index contributed by atoms with van der Waals surface area (Å²) in [5, 5.41) is 0. The second kappa shape index (κ2) is 5.21. The lowest BCUT2D eigenvalue weighted by molar-refractivity contribution is -0.145. The van der Waals surface area contributed by atoms with Gasteiger partial charge >= 0.3 is 5.97 Å². The predicted octanol–water partition coefficient (Wildman–Crippen LogP) is 1.94. The second-order valence-electron chi connectivity index (χ2n) is 2.83. The van der Waals surface area contributed by atoms with Crippen molar-refractivity contribution in [2.24, 2.45) is 0 Å². The Hall–Kier alpha value is -1.58. The van der Waals surface area contributed by atoms with Crippen LogP contribution in [0.1, 0.15) is 36.1 Å². The summed E-state index contributed by atoms with van der Waals surface area (Å²) in [5.41, 5.74) is 0. The van der Waals surface area contributed by atoms with Crippen molar-refractivity contribution in [3.63, 3.8) is 0 Å².